The largest absolute Gasteiger partial charge is 0.462 e. The first-order valence-electron chi connectivity index (χ1n) is 7.81. The monoisotopic (exact) mass is 396 g/mol. The number of benzene rings is 1. The molecule has 6 nitrogen and oxygen atoms in total. The number of esters is 1. The van der Waals surface area contributed by atoms with Crippen LogP contribution in [0.3, 0.4) is 0 Å². The lowest BCUT2D eigenvalue weighted by Gasteiger charge is -2.17. The van der Waals surface area contributed by atoms with Gasteiger partial charge in [0.2, 0.25) is 11.8 Å². The van der Waals surface area contributed by atoms with Gasteiger partial charge in [-0.2, -0.15) is 0 Å². The number of nitrogens with zero attached hydrogens (tertiary/aromatic N) is 1. The highest BCUT2D eigenvalue weighted by Gasteiger charge is 2.35. The Labute approximate surface area is 149 Å². The summed E-state index contributed by atoms with van der Waals surface area (Å²) in [6, 6.07) is 5.63. The zero-order valence-electron chi connectivity index (χ0n) is 14.0. The van der Waals surface area contributed by atoms with E-state index < -0.39 is 11.9 Å². The van der Waals surface area contributed by atoms with E-state index in [1.165, 1.54) is 0 Å². The van der Waals surface area contributed by atoms with Gasteiger partial charge in [-0.05, 0) is 44.5 Å². The molecule has 2 amide bonds. The Morgan fingerprint density at radius 2 is 2.12 bits per heavy atom. The van der Waals surface area contributed by atoms with E-state index in [1.54, 1.807) is 18.7 Å². The minimum absolute atomic E-state index is 0.0957. The van der Waals surface area contributed by atoms with Gasteiger partial charge in [-0.15, -0.1) is 0 Å². The number of amides is 2. The molecular weight excluding hydrogens is 376 g/mol. The number of halogens is 1. The molecule has 2 rings (SSSR count). The minimum atomic E-state index is -0.483. The Morgan fingerprint density at radius 1 is 1.42 bits per heavy atom. The lowest BCUT2D eigenvalue weighted by molar-refractivity contribution is -0.147. The maximum atomic E-state index is 12.2. The van der Waals surface area contributed by atoms with Gasteiger partial charge < -0.3 is 15.0 Å². The third-order valence-corrected chi connectivity index (χ3v) is 4.61. The molecular formula is C17H21BrN2O4. The Kier molecular flexibility index (Phi) is 5.99. The average Bonchev–Trinajstić information content (AvgIpc) is 2.89. The van der Waals surface area contributed by atoms with Gasteiger partial charge in [0.15, 0.2) is 0 Å². The van der Waals surface area contributed by atoms with E-state index in [9.17, 15) is 14.4 Å². The van der Waals surface area contributed by atoms with E-state index in [4.69, 9.17) is 4.74 Å². The molecule has 0 aliphatic carbocycles. The molecule has 1 aromatic rings. The van der Waals surface area contributed by atoms with Gasteiger partial charge in [0.05, 0.1) is 12.0 Å². The lowest BCUT2D eigenvalue weighted by atomic mass is 10.1. The Balaban J connectivity index is 1.95. The maximum Gasteiger partial charge on any atom is 0.325 e. The number of nitrogens with one attached hydrogen (secondary N) is 1. The van der Waals surface area contributed by atoms with Gasteiger partial charge in [0, 0.05) is 23.1 Å². The van der Waals surface area contributed by atoms with Gasteiger partial charge in [-0.3, -0.25) is 14.4 Å². The number of anilines is 1. The van der Waals surface area contributed by atoms with Crippen LogP contribution in [0.5, 0.6) is 0 Å². The normalized spacial score (nSPS) is 17.3. The molecule has 1 unspecified atom stereocenters. The highest BCUT2D eigenvalue weighted by Crippen LogP contribution is 2.28. The van der Waals surface area contributed by atoms with E-state index in [0.29, 0.717) is 6.54 Å². The number of hydrogen-bond acceptors (Lipinski definition) is 4. The summed E-state index contributed by atoms with van der Waals surface area (Å²) in [6.45, 7) is 5.56. The van der Waals surface area contributed by atoms with Crippen LogP contribution in [0, 0.1) is 12.8 Å². The van der Waals surface area contributed by atoms with Crippen molar-refractivity contribution in [1.82, 2.24) is 5.32 Å². The summed E-state index contributed by atoms with van der Waals surface area (Å²) in [5.41, 5.74) is 1.79. The van der Waals surface area contributed by atoms with E-state index in [2.05, 4.69) is 21.2 Å². The van der Waals surface area contributed by atoms with Crippen molar-refractivity contribution in [1.29, 1.82) is 0 Å². The Bertz CT molecular complexity index is 660. The molecule has 0 spiro atoms. The zero-order valence-corrected chi connectivity index (χ0v) is 15.6. The van der Waals surface area contributed by atoms with Crippen LogP contribution in [0.1, 0.15) is 25.8 Å². The van der Waals surface area contributed by atoms with Crippen LogP contribution in [-0.4, -0.2) is 37.0 Å². The van der Waals surface area contributed by atoms with Crippen molar-refractivity contribution in [2.75, 3.05) is 18.0 Å². The molecule has 1 fully saturated rings. The van der Waals surface area contributed by atoms with E-state index >= 15 is 0 Å². The van der Waals surface area contributed by atoms with Gasteiger partial charge in [0.1, 0.15) is 6.54 Å². The molecule has 0 bridgehead atoms. The summed E-state index contributed by atoms with van der Waals surface area (Å²) in [4.78, 5) is 37.5. The number of aryl methyl sites for hydroxylation is 1. The standard InChI is InChI=1S/C17H21BrN2O4/c1-10(2)24-16(22)8-19-17(23)12-7-15(21)20(9-12)13-4-5-14(18)11(3)6-13/h4-6,10,12H,7-9H2,1-3H3,(H,19,23). The quantitative estimate of drug-likeness (QED) is 0.773. The third-order valence-electron chi connectivity index (χ3n) is 3.72. The minimum Gasteiger partial charge on any atom is -0.462 e. The van der Waals surface area contributed by atoms with Crippen molar-refractivity contribution < 1.29 is 19.1 Å². The molecule has 0 saturated carbocycles. The first kappa shape index (κ1) is 18.4. The SMILES string of the molecule is Cc1cc(N2CC(C(=O)NCC(=O)OC(C)C)CC2=O)ccc1Br. The number of hydrogen-bond donors (Lipinski definition) is 1. The molecule has 1 heterocycles. The molecule has 24 heavy (non-hydrogen) atoms. The van der Waals surface area contributed by atoms with Crippen molar-refractivity contribution >= 4 is 39.4 Å². The molecule has 1 aliphatic heterocycles. The smallest absolute Gasteiger partial charge is 0.325 e. The lowest BCUT2D eigenvalue weighted by Crippen LogP contribution is -2.37. The second-order valence-corrected chi connectivity index (χ2v) is 6.95. The predicted molar refractivity (Wildman–Crippen MR) is 93.6 cm³/mol. The fourth-order valence-corrected chi connectivity index (χ4v) is 2.78. The van der Waals surface area contributed by atoms with Crippen molar-refractivity contribution in [3.63, 3.8) is 0 Å². The highest BCUT2D eigenvalue weighted by atomic mass is 79.9. The van der Waals surface area contributed by atoms with Crippen LogP contribution < -0.4 is 10.2 Å². The molecule has 0 radical (unpaired) electrons. The summed E-state index contributed by atoms with van der Waals surface area (Å²) in [5, 5.41) is 2.54. The van der Waals surface area contributed by atoms with Gasteiger partial charge in [-0.25, -0.2) is 0 Å². The molecule has 1 aliphatic rings. The van der Waals surface area contributed by atoms with E-state index in [-0.39, 0.29) is 30.9 Å². The molecule has 1 N–H and O–H groups in total. The first-order chi connectivity index (χ1) is 11.3. The Hall–Kier alpha value is -1.89. The summed E-state index contributed by atoms with van der Waals surface area (Å²) < 4.78 is 5.93. The number of ether oxygens (including phenoxy) is 1. The average molecular weight is 397 g/mol. The molecule has 1 atom stereocenters. The van der Waals surface area contributed by atoms with E-state index in [0.717, 1.165) is 15.7 Å². The molecule has 130 valence electrons. The van der Waals surface area contributed by atoms with Crippen LogP contribution in [0.15, 0.2) is 22.7 Å². The van der Waals surface area contributed by atoms with Crippen molar-refractivity contribution in [3.8, 4) is 0 Å². The van der Waals surface area contributed by atoms with Crippen molar-refractivity contribution in [2.24, 2.45) is 5.92 Å². The molecule has 0 aromatic heterocycles. The zero-order chi connectivity index (χ0) is 17.9. The summed E-state index contributed by atoms with van der Waals surface area (Å²) in [7, 11) is 0. The van der Waals surface area contributed by atoms with Gasteiger partial charge in [-0.1, -0.05) is 15.9 Å². The summed E-state index contributed by atoms with van der Waals surface area (Å²) >= 11 is 3.43. The summed E-state index contributed by atoms with van der Waals surface area (Å²) in [5.74, 6) is -1.35. The number of rotatable bonds is 5. The van der Waals surface area contributed by atoms with Crippen LogP contribution in [0.2, 0.25) is 0 Å². The van der Waals surface area contributed by atoms with Crippen LogP contribution in [0.25, 0.3) is 0 Å². The number of carbonyl (C=O) groups excluding carboxylic acids is 3. The van der Waals surface area contributed by atoms with Crippen LogP contribution >= 0.6 is 15.9 Å². The predicted octanol–water partition coefficient (Wildman–Crippen LogP) is 2.18. The second kappa shape index (κ2) is 7.79. The maximum absolute atomic E-state index is 12.2. The van der Waals surface area contributed by atoms with Gasteiger partial charge in [0.25, 0.3) is 0 Å². The summed E-state index contributed by atoms with van der Waals surface area (Å²) in [6.07, 6.45) is -0.0845. The van der Waals surface area contributed by atoms with E-state index in [1.807, 2.05) is 25.1 Å². The number of carbonyl (C=O) groups is 3. The topological polar surface area (TPSA) is 75.7 Å². The fourth-order valence-electron chi connectivity index (χ4n) is 2.54. The second-order valence-electron chi connectivity index (χ2n) is 6.10. The van der Waals surface area contributed by atoms with Crippen molar-refractivity contribution in [3.05, 3.63) is 28.2 Å². The Morgan fingerprint density at radius 3 is 2.75 bits per heavy atom. The van der Waals surface area contributed by atoms with Gasteiger partial charge >= 0.3 is 5.97 Å². The third kappa shape index (κ3) is 4.56. The molecule has 1 aromatic carbocycles. The van der Waals surface area contributed by atoms with Crippen molar-refractivity contribution in [2.45, 2.75) is 33.3 Å². The first-order valence-corrected chi connectivity index (χ1v) is 8.61. The highest BCUT2D eigenvalue weighted by molar-refractivity contribution is 9.10. The molecule has 1 saturated heterocycles. The van der Waals surface area contributed by atoms with Crippen LogP contribution in [0.4, 0.5) is 5.69 Å². The fraction of sp³-hybridized carbons (Fsp3) is 0.471. The van der Waals surface area contributed by atoms with Crippen LogP contribution in [-0.2, 0) is 19.1 Å². The molecule has 7 heteroatoms.